The molecule has 3 aliphatic rings. The minimum atomic E-state index is -0.279. The second-order valence-corrected chi connectivity index (χ2v) is 10.0. The number of tetrazole rings is 1. The number of benzene rings is 1. The SMILES string of the molecule is COc1ccc2[nH]c(=O)c([C@@H](c3nnnn3C3CCCCC3)N3CCN4CCC[C@@H]4C3)cc2c1. The molecule has 4 heterocycles. The summed E-state index contributed by atoms with van der Waals surface area (Å²) in [6.45, 7) is 4.02. The quantitative estimate of drug-likeness (QED) is 0.622. The standard InChI is InChI=1S/C25H33N7O2/c1-34-20-9-10-22-17(14-20)15-21(25(33)26-22)23(31-13-12-30-11-5-8-19(30)16-31)24-27-28-29-32(24)18-6-3-2-4-7-18/h9-10,14-15,18-19,23H,2-8,11-13,16H2,1H3,(H,26,33)/t19-,23+/m1/s1. The van der Waals surface area contributed by atoms with Crippen LogP contribution in [0.1, 0.15) is 68.4 Å². The summed E-state index contributed by atoms with van der Waals surface area (Å²) < 4.78 is 7.47. The molecule has 34 heavy (non-hydrogen) atoms. The number of aromatic nitrogens is 5. The average Bonchev–Trinajstić information content (AvgIpc) is 3.54. The van der Waals surface area contributed by atoms with E-state index in [-0.39, 0.29) is 11.6 Å². The minimum absolute atomic E-state index is 0.0743. The third-order valence-electron chi connectivity index (χ3n) is 8.04. The fourth-order valence-corrected chi connectivity index (χ4v) is 6.25. The highest BCUT2D eigenvalue weighted by atomic mass is 16.5. The first-order chi connectivity index (χ1) is 16.7. The summed E-state index contributed by atoms with van der Waals surface area (Å²) in [4.78, 5) is 21.6. The Morgan fingerprint density at radius 2 is 1.88 bits per heavy atom. The Hall–Kier alpha value is -2.78. The molecule has 9 heteroatoms. The van der Waals surface area contributed by atoms with Gasteiger partial charge in [0, 0.05) is 42.1 Å². The van der Waals surface area contributed by atoms with Gasteiger partial charge in [-0.2, -0.15) is 0 Å². The lowest BCUT2D eigenvalue weighted by Crippen LogP contribution is -2.52. The van der Waals surface area contributed by atoms with Gasteiger partial charge in [-0.1, -0.05) is 19.3 Å². The highest BCUT2D eigenvalue weighted by molar-refractivity contribution is 5.80. The van der Waals surface area contributed by atoms with Crippen molar-refractivity contribution in [3.8, 4) is 5.75 Å². The van der Waals surface area contributed by atoms with Gasteiger partial charge in [0.25, 0.3) is 5.56 Å². The number of H-pyrrole nitrogens is 1. The maximum absolute atomic E-state index is 13.5. The smallest absolute Gasteiger partial charge is 0.253 e. The molecule has 0 amide bonds. The average molecular weight is 464 g/mol. The molecule has 2 atom stereocenters. The Labute approximate surface area is 199 Å². The molecule has 9 nitrogen and oxygen atoms in total. The Balaban J connectivity index is 1.46. The van der Waals surface area contributed by atoms with E-state index in [4.69, 9.17) is 4.74 Å². The summed E-state index contributed by atoms with van der Waals surface area (Å²) in [6, 6.07) is 8.33. The van der Waals surface area contributed by atoms with Crippen molar-refractivity contribution in [2.75, 3.05) is 33.3 Å². The van der Waals surface area contributed by atoms with Gasteiger partial charge in [0.1, 0.15) is 11.8 Å². The molecule has 2 aliphatic heterocycles. The molecule has 0 bridgehead atoms. The molecular formula is C25H33N7O2. The lowest BCUT2D eigenvalue weighted by atomic mass is 9.95. The topological polar surface area (TPSA) is 92.2 Å². The molecule has 1 saturated carbocycles. The van der Waals surface area contributed by atoms with Crippen LogP contribution in [0.25, 0.3) is 10.9 Å². The molecule has 1 aromatic carbocycles. The predicted octanol–water partition coefficient (Wildman–Crippen LogP) is 2.90. The molecule has 2 aromatic heterocycles. The summed E-state index contributed by atoms with van der Waals surface area (Å²) in [5, 5.41) is 14.1. The number of ether oxygens (including phenoxy) is 1. The maximum Gasteiger partial charge on any atom is 0.253 e. The Kier molecular flexibility index (Phi) is 5.82. The molecule has 3 aromatic rings. The van der Waals surface area contributed by atoms with E-state index in [1.807, 2.05) is 28.9 Å². The second-order valence-electron chi connectivity index (χ2n) is 10.0. The molecule has 180 valence electrons. The maximum atomic E-state index is 13.5. The number of hydrogen-bond acceptors (Lipinski definition) is 7. The van der Waals surface area contributed by atoms with Crippen molar-refractivity contribution in [1.82, 2.24) is 35.0 Å². The van der Waals surface area contributed by atoms with Gasteiger partial charge in [0.15, 0.2) is 5.82 Å². The Morgan fingerprint density at radius 1 is 1.03 bits per heavy atom. The molecule has 0 unspecified atom stereocenters. The lowest BCUT2D eigenvalue weighted by molar-refractivity contribution is 0.0778. The van der Waals surface area contributed by atoms with E-state index < -0.39 is 0 Å². The highest BCUT2D eigenvalue weighted by Gasteiger charge is 2.38. The van der Waals surface area contributed by atoms with E-state index in [0.29, 0.717) is 17.6 Å². The highest BCUT2D eigenvalue weighted by Crippen LogP contribution is 2.35. The van der Waals surface area contributed by atoms with Gasteiger partial charge >= 0.3 is 0 Å². The van der Waals surface area contributed by atoms with Gasteiger partial charge in [-0.15, -0.1) is 5.10 Å². The van der Waals surface area contributed by atoms with Crippen LogP contribution in [-0.4, -0.2) is 74.3 Å². The van der Waals surface area contributed by atoms with Crippen molar-refractivity contribution in [3.05, 3.63) is 46.0 Å². The van der Waals surface area contributed by atoms with Crippen molar-refractivity contribution in [3.63, 3.8) is 0 Å². The number of hydrogen-bond donors (Lipinski definition) is 1. The van der Waals surface area contributed by atoms with Crippen LogP contribution in [0.2, 0.25) is 0 Å². The first kappa shape index (κ1) is 21.7. The van der Waals surface area contributed by atoms with E-state index in [1.54, 1.807) is 7.11 Å². The van der Waals surface area contributed by atoms with Gasteiger partial charge in [-0.25, -0.2) is 4.68 Å². The van der Waals surface area contributed by atoms with Crippen LogP contribution in [-0.2, 0) is 0 Å². The number of methoxy groups -OCH3 is 1. The lowest BCUT2D eigenvalue weighted by Gasteiger charge is -2.41. The summed E-state index contributed by atoms with van der Waals surface area (Å²) >= 11 is 0. The first-order valence-corrected chi connectivity index (χ1v) is 12.7. The molecule has 0 spiro atoms. The zero-order valence-corrected chi connectivity index (χ0v) is 19.8. The van der Waals surface area contributed by atoms with Crippen LogP contribution in [0.3, 0.4) is 0 Å². The molecular weight excluding hydrogens is 430 g/mol. The molecule has 1 N–H and O–H groups in total. The Morgan fingerprint density at radius 3 is 2.74 bits per heavy atom. The number of piperazine rings is 1. The third kappa shape index (κ3) is 3.90. The molecule has 3 fully saturated rings. The van der Waals surface area contributed by atoms with Gasteiger partial charge in [0.05, 0.1) is 13.2 Å². The zero-order chi connectivity index (χ0) is 23.1. The normalized spacial score (nSPS) is 23.3. The van der Waals surface area contributed by atoms with Gasteiger partial charge in [-0.3, -0.25) is 14.6 Å². The minimum Gasteiger partial charge on any atom is -0.497 e. The van der Waals surface area contributed by atoms with Crippen molar-refractivity contribution in [1.29, 1.82) is 0 Å². The molecule has 0 radical (unpaired) electrons. The zero-order valence-electron chi connectivity index (χ0n) is 19.8. The summed E-state index contributed by atoms with van der Waals surface area (Å²) in [5.41, 5.74) is 1.44. The molecule has 2 saturated heterocycles. The van der Waals surface area contributed by atoms with Crippen LogP contribution in [0.4, 0.5) is 0 Å². The summed E-state index contributed by atoms with van der Waals surface area (Å²) in [7, 11) is 1.66. The van der Waals surface area contributed by atoms with Crippen LogP contribution < -0.4 is 10.3 Å². The van der Waals surface area contributed by atoms with E-state index in [1.165, 1.54) is 38.6 Å². The van der Waals surface area contributed by atoms with E-state index >= 15 is 0 Å². The van der Waals surface area contributed by atoms with Crippen molar-refractivity contribution in [2.45, 2.75) is 63.1 Å². The van der Waals surface area contributed by atoms with E-state index in [0.717, 1.165) is 55.0 Å². The van der Waals surface area contributed by atoms with Gasteiger partial charge in [-0.05, 0) is 66.9 Å². The van der Waals surface area contributed by atoms with Crippen LogP contribution in [0.15, 0.2) is 29.1 Å². The summed E-state index contributed by atoms with van der Waals surface area (Å²) in [5.74, 6) is 1.57. The first-order valence-electron chi connectivity index (χ1n) is 12.7. The fraction of sp³-hybridized carbons (Fsp3) is 0.600. The number of fused-ring (bicyclic) bond motifs is 2. The molecule has 1 aliphatic carbocycles. The van der Waals surface area contributed by atoms with Crippen LogP contribution >= 0.6 is 0 Å². The Bertz CT molecular complexity index is 1220. The fourth-order valence-electron chi connectivity index (χ4n) is 6.25. The van der Waals surface area contributed by atoms with Crippen LogP contribution in [0.5, 0.6) is 5.75 Å². The number of nitrogens with zero attached hydrogens (tertiary/aromatic N) is 6. The number of nitrogens with one attached hydrogen (secondary N) is 1. The number of rotatable bonds is 5. The van der Waals surface area contributed by atoms with Crippen molar-refractivity contribution in [2.24, 2.45) is 0 Å². The largest absolute Gasteiger partial charge is 0.497 e. The molecule has 6 rings (SSSR count). The van der Waals surface area contributed by atoms with E-state index in [9.17, 15) is 4.79 Å². The van der Waals surface area contributed by atoms with Crippen molar-refractivity contribution >= 4 is 10.9 Å². The van der Waals surface area contributed by atoms with Gasteiger partial charge < -0.3 is 9.72 Å². The second kappa shape index (κ2) is 9.11. The summed E-state index contributed by atoms with van der Waals surface area (Å²) in [6.07, 6.45) is 8.31. The van der Waals surface area contributed by atoms with Crippen LogP contribution in [0, 0.1) is 0 Å². The number of pyridine rings is 1. The third-order valence-corrected chi connectivity index (χ3v) is 8.04. The monoisotopic (exact) mass is 463 g/mol. The van der Waals surface area contributed by atoms with E-state index in [2.05, 4.69) is 30.3 Å². The predicted molar refractivity (Wildman–Crippen MR) is 129 cm³/mol. The number of aromatic amines is 1. The van der Waals surface area contributed by atoms with Crippen molar-refractivity contribution < 1.29 is 4.74 Å². The van der Waals surface area contributed by atoms with Gasteiger partial charge in [0.2, 0.25) is 0 Å².